The first-order chi connectivity index (χ1) is 16.1. The van der Waals surface area contributed by atoms with Gasteiger partial charge in [-0.25, -0.2) is 4.98 Å². The number of fused-ring (bicyclic) bond motifs is 1. The van der Waals surface area contributed by atoms with Gasteiger partial charge in [0, 0.05) is 41.5 Å². The lowest BCUT2D eigenvalue weighted by Crippen LogP contribution is -2.36. The number of hydrogen-bond donors (Lipinski definition) is 1. The minimum Gasteiger partial charge on any atom is -0.457 e. The van der Waals surface area contributed by atoms with Crippen molar-refractivity contribution in [3.8, 4) is 11.5 Å². The molecule has 3 aromatic carbocycles. The lowest BCUT2D eigenvalue weighted by atomic mass is 10.2. The van der Waals surface area contributed by atoms with Crippen molar-refractivity contribution in [1.29, 1.82) is 0 Å². The van der Waals surface area contributed by atoms with Gasteiger partial charge in [0.2, 0.25) is 0 Å². The van der Waals surface area contributed by atoms with Crippen molar-refractivity contribution >= 4 is 40.0 Å². The van der Waals surface area contributed by atoms with Crippen molar-refractivity contribution in [2.75, 3.05) is 36.5 Å². The maximum absolute atomic E-state index is 12.5. The maximum atomic E-state index is 12.5. The molecule has 33 heavy (non-hydrogen) atoms. The highest BCUT2D eigenvalue weighted by Crippen LogP contribution is 2.27. The van der Waals surface area contributed by atoms with Crippen molar-refractivity contribution in [3.05, 3.63) is 83.5 Å². The number of amides is 1. The number of carbonyl (C=O) groups excluding carboxylic acids is 1. The topological polar surface area (TPSA) is 76.6 Å². The first-order valence-corrected chi connectivity index (χ1v) is 11.0. The molecule has 1 amide bonds. The molecule has 1 N–H and O–H groups in total. The van der Waals surface area contributed by atoms with Gasteiger partial charge in [-0.15, -0.1) is 0 Å². The zero-order valence-corrected chi connectivity index (χ0v) is 18.5. The van der Waals surface area contributed by atoms with Crippen LogP contribution in [0.25, 0.3) is 11.0 Å². The third-order valence-corrected chi connectivity index (χ3v) is 5.49. The minimum absolute atomic E-state index is 0.244. The van der Waals surface area contributed by atoms with Crippen LogP contribution >= 0.6 is 11.6 Å². The average Bonchev–Trinajstić information content (AvgIpc) is 2.84. The fourth-order valence-electron chi connectivity index (χ4n) is 3.60. The molecule has 0 radical (unpaired) electrons. The summed E-state index contributed by atoms with van der Waals surface area (Å²) >= 11 is 5.98. The highest BCUT2D eigenvalue weighted by atomic mass is 35.5. The van der Waals surface area contributed by atoms with Crippen molar-refractivity contribution in [3.63, 3.8) is 0 Å². The van der Waals surface area contributed by atoms with Gasteiger partial charge in [-0.1, -0.05) is 23.7 Å². The molecule has 1 aliphatic heterocycles. The normalized spacial score (nSPS) is 13.7. The summed E-state index contributed by atoms with van der Waals surface area (Å²) in [5.74, 6) is 1.81. The molecule has 0 aliphatic carbocycles. The number of benzene rings is 3. The Morgan fingerprint density at radius 3 is 2.64 bits per heavy atom. The molecule has 0 spiro atoms. The van der Waals surface area contributed by atoms with E-state index < -0.39 is 0 Å². The number of halogens is 1. The first-order valence-electron chi connectivity index (χ1n) is 10.6. The van der Waals surface area contributed by atoms with Crippen LogP contribution in [0.5, 0.6) is 11.5 Å². The summed E-state index contributed by atoms with van der Waals surface area (Å²) in [6.07, 6.45) is 1.79. The molecule has 1 saturated heterocycles. The molecule has 4 aromatic rings. The second kappa shape index (κ2) is 9.44. The second-order valence-corrected chi connectivity index (χ2v) is 8.01. The summed E-state index contributed by atoms with van der Waals surface area (Å²) < 4.78 is 11.5. The van der Waals surface area contributed by atoms with Gasteiger partial charge >= 0.3 is 0 Å². The molecule has 0 saturated carbocycles. The van der Waals surface area contributed by atoms with Crippen LogP contribution in [-0.4, -0.2) is 42.2 Å². The Balaban J connectivity index is 1.33. The molecule has 0 atom stereocenters. The zero-order valence-electron chi connectivity index (χ0n) is 17.7. The van der Waals surface area contributed by atoms with E-state index in [0.717, 1.165) is 29.9 Å². The number of nitrogens with one attached hydrogen (secondary N) is 1. The molecular weight excluding hydrogens is 440 g/mol. The summed E-state index contributed by atoms with van der Waals surface area (Å²) in [4.78, 5) is 24.0. The van der Waals surface area contributed by atoms with Crippen molar-refractivity contribution in [2.24, 2.45) is 0 Å². The number of ether oxygens (including phenoxy) is 2. The zero-order chi connectivity index (χ0) is 22.6. The van der Waals surface area contributed by atoms with Crippen LogP contribution in [0, 0.1) is 0 Å². The molecule has 0 bridgehead atoms. The third kappa shape index (κ3) is 5.05. The minimum atomic E-state index is -0.244. The average molecular weight is 461 g/mol. The smallest absolute Gasteiger partial charge is 0.255 e. The number of rotatable bonds is 5. The standard InChI is InChI=1S/C25H21ClN4O3/c26-18-4-1-3-17(13-18)25(31)28-19-5-2-6-20(14-19)33-21-7-8-22-23(15-21)29-24(16-27-22)30-9-11-32-12-10-30/h1-8,13-16H,9-12H2,(H,28,31). The van der Waals surface area contributed by atoms with Gasteiger partial charge in [0.25, 0.3) is 5.91 Å². The van der Waals surface area contributed by atoms with E-state index in [2.05, 4.69) is 15.2 Å². The van der Waals surface area contributed by atoms with E-state index in [9.17, 15) is 4.79 Å². The maximum Gasteiger partial charge on any atom is 0.255 e. The van der Waals surface area contributed by atoms with Crippen LogP contribution < -0.4 is 15.0 Å². The number of nitrogens with zero attached hydrogens (tertiary/aromatic N) is 3. The Bertz CT molecular complexity index is 1310. The van der Waals surface area contributed by atoms with Crippen molar-refractivity contribution in [2.45, 2.75) is 0 Å². The summed E-state index contributed by atoms with van der Waals surface area (Å²) in [7, 11) is 0. The Labute approximate surface area is 195 Å². The van der Waals surface area contributed by atoms with Crippen LogP contribution in [0.4, 0.5) is 11.5 Å². The van der Waals surface area contributed by atoms with Gasteiger partial charge in [-0.05, 0) is 42.5 Å². The number of aromatic nitrogens is 2. The van der Waals surface area contributed by atoms with E-state index in [4.69, 9.17) is 26.1 Å². The molecule has 5 rings (SSSR count). The fourth-order valence-corrected chi connectivity index (χ4v) is 3.79. The van der Waals surface area contributed by atoms with E-state index in [-0.39, 0.29) is 5.91 Å². The van der Waals surface area contributed by atoms with Gasteiger partial charge < -0.3 is 19.7 Å². The third-order valence-electron chi connectivity index (χ3n) is 5.25. The van der Waals surface area contributed by atoms with Crippen LogP contribution in [0.2, 0.25) is 5.02 Å². The number of hydrogen-bond acceptors (Lipinski definition) is 6. The van der Waals surface area contributed by atoms with Crippen molar-refractivity contribution in [1.82, 2.24) is 9.97 Å². The highest BCUT2D eigenvalue weighted by molar-refractivity contribution is 6.31. The fraction of sp³-hybridized carbons (Fsp3) is 0.160. The summed E-state index contributed by atoms with van der Waals surface area (Å²) in [6.45, 7) is 2.97. The van der Waals surface area contributed by atoms with Gasteiger partial charge in [0.15, 0.2) is 0 Å². The van der Waals surface area contributed by atoms with E-state index in [1.807, 2.05) is 30.3 Å². The van der Waals surface area contributed by atoms with E-state index in [1.54, 1.807) is 42.6 Å². The van der Waals surface area contributed by atoms with E-state index in [1.165, 1.54) is 0 Å². The Morgan fingerprint density at radius 2 is 1.79 bits per heavy atom. The molecule has 0 unspecified atom stereocenters. The second-order valence-electron chi connectivity index (χ2n) is 7.57. The summed E-state index contributed by atoms with van der Waals surface area (Å²) in [5.41, 5.74) is 2.65. The molecule has 1 aliphatic rings. The van der Waals surface area contributed by atoms with Gasteiger partial charge in [-0.2, -0.15) is 0 Å². The predicted molar refractivity (Wildman–Crippen MR) is 128 cm³/mol. The van der Waals surface area contributed by atoms with Crippen molar-refractivity contribution < 1.29 is 14.3 Å². The number of anilines is 2. The van der Waals surface area contributed by atoms with Crippen LogP contribution in [0.15, 0.2) is 72.9 Å². The molecule has 2 heterocycles. The van der Waals surface area contributed by atoms with Crippen LogP contribution in [0.3, 0.4) is 0 Å². The first kappa shape index (κ1) is 21.2. The van der Waals surface area contributed by atoms with E-state index in [0.29, 0.717) is 41.0 Å². The van der Waals surface area contributed by atoms with Gasteiger partial charge in [0.1, 0.15) is 17.3 Å². The number of carbonyl (C=O) groups is 1. The van der Waals surface area contributed by atoms with E-state index >= 15 is 0 Å². The monoisotopic (exact) mass is 460 g/mol. The molecule has 1 aromatic heterocycles. The van der Waals surface area contributed by atoms with Crippen LogP contribution in [-0.2, 0) is 4.74 Å². The molecule has 166 valence electrons. The van der Waals surface area contributed by atoms with Crippen LogP contribution in [0.1, 0.15) is 10.4 Å². The largest absolute Gasteiger partial charge is 0.457 e. The Hall–Kier alpha value is -3.68. The quantitative estimate of drug-likeness (QED) is 0.443. The Kier molecular flexibility index (Phi) is 6.06. The predicted octanol–water partition coefficient (Wildman–Crippen LogP) is 5.16. The van der Waals surface area contributed by atoms with Gasteiger partial charge in [0.05, 0.1) is 30.4 Å². The molecule has 7 nitrogen and oxygen atoms in total. The molecule has 8 heteroatoms. The molecular formula is C25H21ClN4O3. The Morgan fingerprint density at radius 1 is 0.970 bits per heavy atom. The SMILES string of the molecule is O=C(Nc1cccc(Oc2ccc3ncc(N4CCOCC4)nc3c2)c1)c1cccc(Cl)c1. The number of morpholine rings is 1. The lowest BCUT2D eigenvalue weighted by molar-refractivity contribution is 0.102. The lowest BCUT2D eigenvalue weighted by Gasteiger charge is -2.27. The highest BCUT2D eigenvalue weighted by Gasteiger charge is 2.14. The summed E-state index contributed by atoms with van der Waals surface area (Å²) in [5, 5.41) is 3.38. The van der Waals surface area contributed by atoms with Gasteiger partial charge in [-0.3, -0.25) is 9.78 Å². The summed E-state index contributed by atoms with van der Waals surface area (Å²) in [6, 6.07) is 19.6. The molecule has 1 fully saturated rings.